The van der Waals surface area contributed by atoms with E-state index in [2.05, 4.69) is 51.4 Å². The van der Waals surface area contributed by atoms with Gasteiger partial charge in [0.1, 0.15) is 0 Å². The van der Waals surface area contributed by atoms with E-state index >= 15 is 0 Å². The minimum Gasteiger partial charge on any atom is -0.385 e. The molecule has 0 saturated carbocycles. The van der Waals surface area contributed by atoms with Crippen molar-refractivity contribution in [3.05, 3.63) is 60.0 Å². The first kappa shape index (κ1) is 20.7. The topological polar surface area (TPSA) is 60.6 Å². The molecule has 0 spiro atoms. The third-order valence-electron chi connectivity index (χ3n) is 5.44. The van der Waals surface area contributed by atoms with Crippen molar-refractivity contribution < 1.29 is 14.0 Å². The highest BCUT2D eigenvalue weighted by Crippen LogP contribution is 2.24. The lowest BCUT2D eigenvalue weighted by Gasteiger charge is -2.16. The number of rotatable bonds is 9. The fourth-order valence-electron chi connectivity index (χ4n) is 3.82. The molecule has 1 saturated heterocycles. The number of aromatic nitrogens is 2. The molecule has 4 rings (SSSR count). The second kappa shape index (κ2) is 9.98. The van der Waals surface area contributed by atoms with Crippen LogP contribution in [0.15, 0.2) is 53.1 Å². The van der Waals surface area contributed by atoms with E-state index in [9.17, 15) is 0 Å². The molecule has 2 aromatic carbocycles. The summed E-state index contributed by atoms with van der Waals surface area (Å²) in [6.07, 6.45) is 2.42. The summed E-state index contributed by atoms with van der Waals surface area (Å²) in [4.78, 5) is 6.75. The van der Waals surface area contributed by atoms with Crippen molar-refractivity contribution >= 4 is 0 Å². The Labute approximate surface area is 177 Å². The van der Waals surface area contributed by atoms with Crippen molar-refractivity contribution in [1.29, 1.82) is 0 Å². The van der Waals surface area contributed by atoms with Crippen molar-refractivity contribution in [2.24, 2.45) is 0 Å². The normalized spacial score (nSPS) is 16.9. The Balaban J connectivity index is 1.30. The van der Waals surface area contributed by atoms with Gasteiger partial charge in [0.2, 0.25) is 11.7 Å². The van der Waals surface area contributed by atoms with Crippen LogP contribution in [0.5, 0.6) is 0 Å². The number of aryl methyl sites for hydroxylation is 1. The lowest BCUT2D eigenvalue weighted by atomic mass is 10.0. The Morgan fingerprint density at radius 3 is 2.37 bits per heavy atom. The largest absolute Gasteiger partial charge is 0.385 e. The van der Waals surface area contributed by atoms with Crippen LogP contribution < -0.4 is 0 Å². The molecule has 0 bridgehead atoms. The standard InChI is InChI=1S/C24H29N3O3/c1-18-25-24(26-30-18)22-10-8-21(9-11-22)20-6-4-19(5-7-20)16-27-13-12-23(17-27)29-15-3-14-28-2/h4-11,23H,3,12-17H2,1-2H3/t23-/m0/s1. The molecule has 6 nitrogen and oxygen atoms in total. The van der Waals surface area contributed by atoms with Crippen LogP contribution in [0.2, 0.25) is 0 Å². The van der Waals surface area contributed by atoms with E-state index in [1.807, 2.05) is 12.1 Å². The Morgan fingerprint density at radius 1 is 1.00 bits per heavy atom. The molecular weight excluding hydrogens is 378 g/mol. The van der Waals surface area contributed by atoms with Gasteiger partial charge in [-0.25, -0.2) is 0 Å². The maximum Gasteiger partial charge on any atom is 0.223 e. The van der Waals surface area contributed by atoms with Gasteiger partial charge in [-0.1, -0.05) is 53.7 Å². The minimum absolute atomic E-state index is 0.350. The van der Waals surface area contributed by atoms with Gasteiger partial charge >= 0.3 is 0 Å². The Bertz CT molecular complexity index is 922. The van der Waals surface area contributed by atoms with E-state index < -0.39 is 0 Å². The fraction of sp³-hybridized carbons (Fsp3) is 0.417. The number of methoxy groups -OCH3 is 1. The van der Waals surface area contributed by atoms with Gasteiger partial charge < -0.3 is 14.0 Å². The average Bonchev–Trinajstić information content (AvgIpc) is 3.41. The Kier molecular flexibility index (Phi) is 6.89. The molecule has 1 aliphatic heterocycles. The summed E-state index contributed by atoms with van der Waals surface area (Å²) < 4.78 is 16.1. The van der Waals surface area contributed by atoms with Crippen molar-refractivity contribution in [1.82, 2.24) is 15.0 Å². The first-order valence-corrected chi connectivity index (χ1v) is 10.5. The van der Waals surface area contributed by atoms with Gasteiger partial charge in [0.05, 0.1) is 6.10 Å². The minimum atomic E-state index is 0.350. The molecule has 1 atom stereocenters. The molecule has 0 aliphatic carbocycles. The van der Waals surface area contributed by atoms with Gasteiger partial charge in [0, 0.05) is 52.4 Å². The molecule has 30 heavy (non-hydrogen) atoms. The number of nitrogens with zero attached hydrogens (tertiary/aromatic N) is 3. The van der Waals surface area contributed by atoms with Crippen LogP contribution in [0.25, 0.3) is 22.5 Å². The molecule has 0 N–H and O–H groups in total. The highest BCUT2D eigenvalue weighted by Gasteiger charge is 2.22. The van der Waals surface area contributed by atoms with Crippen molar-refractivity contribution in [3.63, 3.8) is 0 Å². The van der Waals surface area contributed by atoms with E-state index in [4.69, 9.17) is 14.0 Å². The fourth-order valence-corrected chi connectivity index (χ4v) is 3.82. The molecule has 1 aromatic heterocycles. The highest BCUT2D eigenvalue weighted by molar-refractivity contribution is 5.67. The third-order valence-corrected chi connectivity index (χ3v) is 5.44. The number of hydrogen-bond donors (Lipinski definition) is 0. The van der Waals surface area contributed by atoms with Gasteiger partial charge in [0.25, 0.3) is 0 Å². The Hall–Kier alpha value is -2.54. The van der Waals surface area contributed by atoms with E-state index in [-0.39, 0.29) is 0 Å². The second-order valence-corrected chi connectivity index (χ2v) is 7.77. The van der Waals surface area contributed by atoms with Crippen LogP contribution in [0.3, 0.4) is 0 Å². The molecule has 0 unspecified atom stereocenters. The zero-order chi connectivity index (χ0) is 20.8. The molecule has 0 amide bonds. The summed E-state index contributed by atoms with van der Waals surface area (Å²) in [5.74, 6) is 1.20. The van der Waals surface area contributed by atoms with Crippen LogP contribution in [-0.2, 0) is 16.0 Å². The van der Waals surface area contributed by atoms with Crippen LogP contribution >= 0.6 is 0 Å². The van der Waals surface area contributed by atoms with E-state index in [0.717, 1.165) is 51.3 Å². The van der Waals surface area contributed by atoms with Gasteiger partial charge in [-0.05, 0) is 29.5 Å². The first-order chi connectivity index (χ1) is 14.7. The summed E-state index contributed by atoms with van der Waals surface area (Å²) in [5, 5.41) is 3.97. The van der Waals surface area contributed by atoms with Gasteiger partial charge in [0.15, 0.2) is 0 Å². The summed E-state index contributed by atoms with van der Waals surface area (Å²) in [7, 11) is 1.73. The van der Waals surface area contributed by atoms with Gasteiger partial charge in [-0.3, -0.25) is 4.90 Å². The third kappa shape index (κ3) is 5.33. The monoisotopic (exact) mass is 407 g/mol. The maximum absolute atomic E-state index is 5.96. The molecule has 1 aliphatic rings. The molecule has 3 aromatic rings. The van der Waals surface area contributed by atoms with Crippen molar-refractivity contribution in [2.75, 3.05) is 33.4 Å². The number of likely N-dealkylation sites (tertiary alicyclic amines) is 1. The van der Waals surface area contributed by atoms with Crippen molar-refractivity contribution in [2.45, 2.75) is 32.4 Å². The van der Waals surface area contributed by atoms with E-state index in [1.54, 1.807) is 14.0 Å². The number of benzene rings is 2. The molecule has 2 heterocycles. The second-order valence-electron chi connectivity index (χ2n) is 7.77. The maximum atomic E-state index is 5.96. The van der Waals surface area contributed by atoms with Crippen LogP contribution in [0, 0.1) is 6.92 Å². The smallest absolute Gasteiger partial charge is 0.223 e. The number of ether oxygens (including phenoxy) is 2. The lowest BCUT2D eigenvalue weighted by Crippen LogP contribution is -2.23. The van der Waals surface area contributed by atoms with E-state index in [1.165, 1.54) is 16.7 Å². The SMILES string of the molecule is COCCCO[C@H]1CCN(Cc2ccc(-c3ccc(-c4noc(C)n4)cc3)cc2)C1. The average molecular weight is 408 g/mol. The van der Waals surface area contributed by atoms with Crippen LogP contribution in [-0.4, -0.2) is 54.6 Å². The zero-order valence-corrected chi connectivity index (χ0v) is 17.7. The summed E-state index contributed by atoms with van der Waals surface area (Å²) >= 11 is 0. The zero-order valence-electron chi connectivity index (χ0n) is 17.7. The molecular formula is C24H29N3O3. The first-order valence-electron chi connectivity index (χ1n) is 10.5. The summed E-state index contributed by atoms with van der Waals surface area (Å²) in [6, 6.07) is 17.1. The predicted molar refractivity (Wildman–Crippen MR) is 116 cm³/mol. The predicted octanol–water partition coefficient (Wildman–Crippen LogP) is 4.34. The molecule has 1 fully saturated rings. The molecule has 0 radical (unpaired) electrons. The van der Waals surface area contributed by atoms with Crippen molar-refractivity contribution in [3.8, 4) is 22.5 Å². The quantitative estimate of drug-likeness (QED) is 0.492. The van der Waals surface area contributed by atoms with Gasteiger partial charge in [-0.2, -0.15) is 4.98 Å². The summed E-state index contributed by atoms with van der Waals surface area (Å²) in [6.45, 7) is 6.41. The number of hydrogen-bond acceptors (Lipinski definition) is 6. The van der Waals surface area contributed by atoms with Crippen LogP contribution in [0.4, 0.5) is 0 Å². The van der Waals surface area contributed by atoms with Gasteiger partial charge in [-0.15, -0.1) is 0 Å². The summed E-state index contributed by atoms with van der Waals surface area (Å²) in [5.41, 5.74) is 4.67. The van der Waals surface area contributed by atoms with Crippen LogP contribution in [0.1, 0.15) is 24.3 Å². The van der Waals surface area contributed by atoms with E-state index in [0.29, 0.717) is 17.8 Å². The molecule has 158 valence electrons. The molecule has 6 heteroatoms. The lowest BCUT2D eigenvalue weighted by molar-refractivity contribution is 0.0444. The Morgan fingerprint density at radius 2 is 1.70 bits per heavy atom. The highest BCUT2D eigenvalue weighted by atomic mass is 16.5.